The number of benzene rings is 4. The number of Topliss-reactive ketones (excluding diaryl/α,β-unsaturated/α-hetero) is 1. The summed E-state index contributed by atoms with van der Waals surface area (Å²) < 4.78 is 31.2. The predicted octanol–water partition coefficient (Wildman–Crippen LogP) is 5.51. The van der Waals surface area contributed by atoms with Crippen LogP contribution in [0.5, 0.6) is 5.75 Å². The number of ketones is 1. The first-order chi connectivity index (χ1) is 23.9. The summed E-state index contributed by atoms with van der Waals surface area (Å²) in [5, 5.41) is -0.163. The normalized spacial score (nSPS) is 18.6. The molecule has 0 bridgehead atoms. The molecule has 9 nitrogen and oxygen atoms in total. The van der Waals surface area contributed by atoms with E-state index in [-0.39, 0.29) is 36.7 Å². The molecule has 3 heterocycles. The summed E-state index contributed by atoms with van der Waals surface area (Å²) in [5.41, 5.74) is 2.38. The molecule has 1 aromatic heterocycles. The standard InChI is InChI=1S/C39H31NO8S/c41-30(20-25-10-4-1-5-11-25)21-32-37(43)40-35(39(44)48-36(27-12-6-2-7-13-27)28-14-8-3-9-15-28)29(24-49(45)38(32)40)23-46-31-18-16-26-17-19-34(42)47-33(26)22-31/h1-19,22,32,36,38H,20-21,23-24H2/t32-,38-,49?/m1/s1. The van der Waals surface area contributed by atoms with Crippen molar-refractivity contribution in [3.8, 4) is 5.75 Å². The van der Waals surface area contributed by atoms with Crippen LogP contribution in [-0.2, 0) is 36.3 Å². The molecule has 49 heavy (non-hydrogen) atoms. The quantitative estimate of drug-likeness (QED) is 0.102. The third kappa shape index (κ3) is 6.73. The number of fused-ring (bicyclic) bond motifs is 2. The average Bonchev–Trinajstić information content (AvgIpc) is 3.12. The van der Waals surface area contributed by atoms with Crippen LogP contribution in [0.1, 0.15) is 29.2 Å². The number of ether oxygens (including phenoxy) is 2. The molecule has 10 heteroatoms. The molecule has 4 aromatic carbocycles. The summed E-state index contributed by atoms with van der Waals surface area (Å²) >= 11 is 0. The molecule has 2 aliphatic heterocycles. The molecule has 5 aromatic rings. The van der Waals surface area contributed by atoms with Crippen molar-refractivity contribution in [2.45, 2.75) is 24.3 Å². The number of β-lactam (4-membered cyclic amide) rings is 1. The highest BCUT2D eigenvalue weighted by Crippen LogP contribution is 2.42. The maximum Gasteiger partial charge on any atom is 0.356 e. The number of esters is 1. The van der Waals surface area contributed by atoms with Gasteiger partial charge in [-0.3, -0.25) is 18.7 Å². The Morgan fingerprint density at radius 1 is 0.837 bits per heavy atom. The van der Waals surface area contributed by atoms with Crippen LogP contribution in [0.3, 0.4) is 0 Å². The topological polar surface area (TPSA) is 120 Å². The van der Waals surface area contributed by atoms with Crippen LogP contribution >= 0.6 is 0 Å². The van der Waals surface area contributed by atoms with Gasteiger partial charge < -0.3 is 13.9 Å². The predicted molar refractivity (Wildman–Crippen MR) is 183 cm³/mol. The molecular weight excluding hydrogens is 642 g/mol. The van der Waals surface area contributed by atoms with Crippen molar-refractivity contribution in [1.82, 2.24) is 4.90 Å². The molecule has 1 fully saturated rings. The Morgan fingerprint density at radius 2 is 1.47 bits per heavy atom. The van der Waals surface area contributed by atoms with Gasteiger partial charge in [0.1, 0.15) is 34.8 Å². The van der Waals surface area contributed by atoms with Gasteiger partial charge in [0, 0.05) is 46.7 Å². The van der Waals surface area contributed by atoms with Crippen molar-refractivity contribution in [3.05, 3.63) is 160 Å². The fourth-order valence-corrected chi connectivity index (χ4v) is 8.05. The lowest BCUT2D eigenvalue weighted by Gasteiger charge is -2.49. The van der Waals surface area contributed by atoms with E-state index in [0.29, 0.717) is 22.3 Å². The van der Waals surface area contributed by atoms with Crippen molar-refractivity contribution in [2.24, 2.45) is 5.92 Å². The van der Waals surface area contributed by atoms with Gasteiger partial charge in [0.05, 0.1) is 11.7 Å². The molecule has 246 valence electrons. The number of amides is 1. The number of hydrogen-bond donors (Lipinski definition) is 0. The Bertz CT molecular complexity index is 2110. The van der Waals surface area contributed by atoms with E-state index in [1.54, 1.807) is 24.3 Å². The number of rotatable bonds is 11. The Labute approximate surface area is 284 Å². The summed E-state index contributed by atoms with van der Waals surface area (Å²) in [5.74, 6) is -1.94. The molecule has 0 aliphatic carbocycles. The third-order valence-electron chi connectivity index (χ3n) is 8.64. The second-order valence-electron chi connectivity index (χ2n) is 11.9. The largest absolute Gasteiger partial charge is 0.489 e. The van der Waals surface area contributed by atoms with Gasteiger partial charge in [-0.25, -0.2) is 9.59 Å². The number of carbonyl (C=O) groups is 3. The molecule has 1 saturated heterocycles. The Balaban J connectivity index is 1.20. The van der Waals surface area contributed by atoms with Gasteiger partial charge >= 0.3 is 11.6 Å². The zero-order valence-corrected chi connectivity index (χ0v) is 27.0. The maximum atomic E-state index is 14.3. The molecule has 0 N–H and O–H groups in total. The van der Waals surface area contributed by atoms with Crippen LogP contribution in [0.4, 0.5) is 0 Å². The van der Waals surface area contributed by atoms with Crippen LogP contribution in [-0.4, -0.2) is 44.5 Å². The second kappa shape index (κ2) is 13.9. The highest BCUT2D eigenvalue weighted by atomic mass is 32.2. The van der Waals surface area contributed by atoms with Gasteiger partial charge in [-0.2, -0.15) is 0 Å². The van der Waals surface area contributed by atoms with Crippen molar-refractivity contribution < 1.29 is 32.5 Å². The number of hydrogen-bond acceptors (Lipinski definition) is 8. The fraction of sp³-hybridized carbons (Fsp3) is 0.179. The smallest absolute Gasteiger partial charge is 0.356 e. The molecule has 1 unspecified atom stereocenters. The molecule has 1 amide bonds. The van der Waals surface area contributed by atoms with Gasteiger partial charge in [0.15, 0.2) is 6.10 Å². The van der Waals surface area contributed by atoms with Crippen molar-refractivity contribution in [2.75, 3.05) is 12.4 Å². The van der Waals surface area contributed by atoms with Crippen molar-refractivity contribution in [3.63, 3.8) is 0 Å². The highest BCUT2D eigenvalue weighted by Gasteiger charge is 2.57. The molecule has 3 atom stereocenters. The minimum atomic E-state index is -1.63. The SMILES string of the molecule is O=C(Cc1ccccc1)C[C@@H]1C(=O)N2C(C(=O)OC(c3ccccc3)c3ccccc3)=C(COc3ccc4ccc(=O)oc4c3)CS(=O)[C@H]12. The highest BCUT2D eigenvalue weighted by molar-refractivity contribution is 7.86. The zero-order valence-electron chi connectivity index (χ0n) is 26.2. The number of nitrogens with zero attached hydrogens (tertiary/aromatic N) is 1. The third-order valence-corrected chi connectivity index (χ3v) is 10.3. The Morgan fingerprint density at radius 3 is 2.14 bits per heavy atom. The molecule has 0 radical (unpaired) electrons. The van der Waals surface area contributed by atoms with E-state index in [2.05, 4.69) is 0 Å². The lowest BCUT2D eigenvalue weighted by Crippen LogP contribution is -2.66. The van der Waals surface area contributed by atoms with E-state index >= 15 is 0 Å². The zero-order chi connectivity index (χ0) is 33.9. The Hall–Kier alpha value is -5.61. The van der Waals surface area contributed by atoms with E-state index in [0.717, 1.165) is 16.7 Å². The van der Waals surface area contributed by atoms with Gasteiger partial charge in [0.2, 0.25) is 5.91 Å². The first kappa shape index (κ1) is 32.0. The summed E-state index contributed by atoms with van der Waals surface area (Å²) in [6, 6.07) is 35.7. The van der Waals surface area contributed by atoms with Crippen LogP contribution in [0, 0.1) is 5.92 Å². The Kier molecular flexibility index (Phi) is 9.04. The molecule has 0 spiro atoms. The minimum Gasteiger partial charge on any atom is -0.489 e. The average molecular weight is 674 g/mol. The van der Waals surface area contributed by atoms with Gasteiger partial charge in [-0.1, -0.05) is 91.0 Å². The fourth-order valence-electron chi connectivity index (χ4n) is 6.29. The molecule has 2 aliphatic rings. The lowest BCUT2D eigenvalue weighted by molar-refractivity contribution is -0.157. The molecule has 0 saturated carbocycles. The van der Waals surface area contributed by atoms with E-state index in [1.165, 1.54) is 11.0 Å². The monoisotopic (exact) mass is 673 g/mol. The second-order valence-corrected chi connectivity index (χ2v) is 13.5. The van der Waals surface area contributed by atoms with E-state index in [4.69, 9.17) is 13.9 Å². The van der Waals surface area contributed by atoms with E-state index in [1.807, 2.05) is 91.0 Å². The van der Waals surface area contributed by atoms with Crippen molar-refractivity contribution >= 4 is 39.4 Å². The lowest BCUT2D eigenvalue weighted by atomic mass is 9.89. The maximum absolute atomic E-state index is 14.3. The molecular formula is C39H31NO8S. The van der Waals surface area contributed by atoms with Gasteiger partial charge in [-0.15, -0.1) is 0 Å². The van der Waals surface area contributed by atoms with E-state index in [9.17, 15) is 23.4 Å². The summed E-state index contributed by atoms with van der Waals surface area (Å²) in [7, 11) is -1.63. The van der Waals surface area contributed by atoms with Crippen LogP contribution < -0.4 is 10.4 Å². The summed E-state index contributed by atoms with van der Waals surface area (Å²) in [4.78, 5) is 54.1. The number of carbonyl (C=O) groups excluding carboxylic acids is 3. The van der Waals surface area contributed by atoms with E-state index < -0.39 is 45.7 Å². The van der Waals surface area contributed by atoms with Crippen LogP contribution in [0.25, 0.3) is 11.0 Å². The van der Waals surface area contributed by atoms with Crippen molar-refractivity contribution in [1.29, 1.82) is 0 Å². The van der Waals surface area contributed by atoms with Crippen LogP contribution in [0.15, 0.2) is 142 Å². The molecule has 7 rings (SSSR count). The van der Waals surface area contributed by atoms with Gasteiger partial charge in [-0.05, 0) is 34.9 Å². The summed E-state index contributed by atoms with van der Waals surface area (Å²) in [6.07, 6.45) is -0.734. The van der Waals surface area contributed by atoms with Gasteiger partial charge in [0.25, 0.3) is 0 Å². The minimum absolute atomic E-state index is 0.0365. The first-order valence-electron chi connectivity index (χ1n) is 15.8. The first-order valence-corrected chi connectivity index (χ1v) is 17.2. The van der Waals surface area contributed by atoms with Crippen LogP contribution in [0.2, 0.25) is 0 Å². The summed E-state index contributed by atoms with van der Waals surface area (Å²) in [6.45, 7) is -0.186.